The van der Waals surface area contributed by atoms with Gasteiger partial charge < -0.3 is 20.1 Å². The Labute approximate surface area is 163 Å². The predicted octanol–water partition coefficient (Wildman–Crippen LogP) is 4.26. The maximum absolute atomic E-state index is 12.6. The van der Waals surface area contributed by atoms with Crippen LogP contribution in [-0.2, 0) is 0 Å². The van der Waals surface area contributed by atoms with E-state index in [1.54, 1.807) is 24.2 Å². The molecule has 6 heteroatoms. The van der Waals surface area contributed by atoms with Crippen molar-refractivity contribution in [3.8, 4) is 11.5 Å². The molecule has 28 heavy (non-hydrogen) atoms. The van der Waals surface area contributed by atoms with Crippen molar-refractivity contribution in [1.29, 1.82) is 0 Å². The summed E-state index contributed by atoms with van der Waals surface area (Å²) in [6.45, 7) is 0.633. The summed E-state index contributed by atoms with van der Waals surface area (Å²) in [4.78, 5) is 18.6. The highest BCUT2D eigenvalue weighted by molar-refractivity contribution is 6.00. The summed E-state index contributed by atoms with van der Waals surface area (Å²) in [6.07, 6.45) is 2.98. The van der Waals surface area contributed by atoms with Gasteiger partial charge in [0.15, 0.2) is 0 Å². The van der Waals surface area contributed by atoms with Crippen LogP contribution in [0.3, 0.4) is 0 Å². The third-order valence-electron chi connectivity index (χ3n) is 5.02. The maximum Gasteiger partial charge on any atom is 0.321 e. The minimum atomic E-state index is -0.214. The number of hydrogen-bond donors (Lipinski definition) is 2. The zero-order valence-corrected chi connectivity index (χ0v) is 15.7. The Morgan fingerprint density at radius 3 is 2.71 bits per heavy atom. The number of pyridine rings is 1. The van der Waals surface area contributed by atoms with Gasteiger partial charge in [0.05, 0.1) is 17.3 Å². The minimum absolute atomic E-state index is 0.178. The normalized spacial score (nSPS) is 18.4. The number of nitrogens with one attached hydrogen (secondary N) is 1. The molecule has 2 aromatic carbocycles. The SMILES string of the molecule is CN(CC1CC(O)C1)C(=O)Nc1ccnc2ccc(Oc3ccccc3)cc12. The van der Waals surface area contributed by atoms with Gasteiger partial charge in [-0.05, 0) is 55.2 Å². The van der Waals surface area contributed by atoms with Crippen LogP contribution in [0, 0.1) is 5.92 Å². The molecule has 0 bridgehead atoms. The van der Waals surface area contributed by atoms with Crippen LogP contribution < -0.4 is 10.1 Å². The van der Waals surface area contributed by atoms with E-state index in [0.717, 1.165) is 29.5 Å². The number of hydrogen-bond acceptors (Lipinski definition) is 4. The van der Waals surface area contributed by atoms with Crippen molar-refractivity contribution in [2.75, 3.05) is 18.9 Å². The number of benzene rings is 2. The van der Waals surface area contributed by atoms with E-state index in [0.29, 0.717) is 23.9 Å². The molecule has 4 rings (SSSR count). The molecule has 1 heterocycles. The van der Waals surface area contributed by atoms with E-state index < -0.39 is 0 Å². The van der Waals surface area contributed by atoms with E-state index in [9.17, 15) is 9.90 Å². The number of nitrogens with zero attached hydrogens (tertiary/aromatic N) is 2. The quantitative estimate of drug-likeness (QED) is 0.697. The van der Waals surface area contributed by atoms with Gasteiger partial charge in [0.1, 0.15) is 11.5 Å². The first-order valence-corrected chi connectivity index (χ1v) is 9.40. The molecule has 1 saturated carbocycles. The Kier molecular flexibility index (Phi) is 5.12. The third kappa shape index (κ3) is 4.07. The Morgan fingerprint density at radius 2 is 1.96 bits per heavy atom. The third-order valence-corrected chi connectivity index (χ3v) is 5.02. The van der Waals surface area contributed by atoms with Gasteiger partial charge in [-0.15, -0.1) is 0 Å². The Balaban J connectivity index is 1.51. The molecule has 1 aromatic heterocycles. The number of para-hydroxylation sites is 1. The van der Waals surface area contributed by atoms with Gasteiger partial charge in [0, 0.05) is 25.2 Å². The van der Waals surface area contributed by atoms with Crippen molar-refractivity contribution in [3.05, 3.63) is 60.8 Å². The number of urea groups is 1. The second kappa shape index (κ2) is 7.86. The molecule has 2 N–H and O–H groups in total. The number of aromatic nitrogens is 1. The number of carbonyl (C=O) groups is 1. The summed E-state index contributed by atoms with van der Waals surface area (Å²) in [6, 6.07) is 16.8. The smallest absolute Gasteiger partial charge is 0.321 e. The molecule has 6 nitrogen and oxygen atoms in total. The van der Waals surface area contributed by atoms with Crippen molar-refractivity contribution in [2.45, 2.75) is 18.9 Å². The lowest BCUT2D eigenvalue weighted by molar-refractivity contribution is 0.0332. The van der Waals surface area contributed by atoms with Gasteiger partial charge in [-0.2, -0.15) is 0 Å². The zero-order chi connectivity index (χ0) is 19.5. The number of carbonyl (C=O) groups excluding carboxylic acids is 1. The molecule has 0 aliphatic heterocycles. The molecule has 1 aliphatic rings. The van der Waals surface area contributed by atoms with E-state index in [1.807, 2.05) is 48.5 Å². The van der Waals surface area contributed by atoms with E-state index >= 15 is 0 Å². The fraction of sp³-hybridized carbons (Fsp3) is 0.273. The van der Waals surface area contributed by atoms with E-state index in [4.69, 9.17) is 4.74 Å². The zero-order valence-electron chi connectivity index (χ0n) is 15.7. The summed E-state index contributed by atoms with van der Waals surface area (Å²) in [5, 5.41) is 13.2. The first kappa shape index (κ1) is 18.3. The molecule has 1 fully saturated rings. The number of fused-ring (bicyclic) bond motifs is 1. The minimum Gasteiger partial charge on any atom is -0.457 e. The van der Waals surface area contributed by atoms with Crippen LogP contribution in [-0.4, -0.2) is 40.7 Å². The average Bonchev–Trinajstić information content (AvgIpc) is 2.68. The lowest BCUT2D eigenvalue weighted by Gasteiger charge is -2.34. The number of rotatable bonds is 5. The van der Waals surface area contributed by atoms with Gasteiger partial charge in [-0.25, -0.2) is 4.79 Å². The lowest BCUT2D eigenvalue weighted by atomic mass is 9.82. The average molecular weight is 377 g/mol. The molecule has 0 atom stereocenters. The fourth-order valence-electron chi connectivity index (χ4n) is 3.45. The number of anilines is 1. The predicted molar refractivity (Wildman–Crippen MR) is 109 cm³/mol. The standard InChI is InChI=1S/C22H23N3O3/c1-25(14-15-11-16(26)12-15)22(27)24-21-9-10-23-20-8-7-18(13-19(20)21)28-17-5-3-2-4-6-17/h2-10,13,15-16,26H,11-12,14H2,1H3,(H,23,24,27). The van der Waals surface area contributed by atoms with Crippen molar-refractivity contribution in [2.24, 2.45) is 5.92 Å². The largest absolute Gasteiger partial charge is 0.457 e. The Bertz CT molecular complexity index is 971. The number of ether oxygens (including phenoxy) is 1. The molecule has 0 radical (unpaired) electrons. The topological polar surface area (TPSA) is 74.7 Å². The highest BCUT2D eigenvalue weighted by atomic mass is 16.5. The van der Waals surface area contributed by atoms with Crippen LogP contribution in [0.2, 0.25) is 0 Å². The fourth-order valence-corrected chi connectivity index (χ4v) is 3.45. The maximum atomic E-state index is 12.6. The van der Waals surface area contributed by atoms with Crippen LogP contribution in [0.1, 0.15) is 12.8 Å². The number of aliphatic hydroxyl groups is 1. The second-order valence-electron chi connectivity index (χ2n) is 7.25. The van der Waals surface area contributed by atoms with Crippen LogP contribution in [0.5, 0.6) is 11.5 Å². The molecule has 0 unspecified atom stereocenters. The summed E-state index contributed by atoms with van der Waals surface area (Å²) in [7, 11) is 1.77. The van der Waals surface area contributed by atoms with E-state index in [2.05, 4.69) is 10.3 Å². The lowest BCUT2D eigenvalue weighted by Crippen LogP contribution is -2.41. The van der Waals surface area contributed by atoms with Crippen molar-refractivity contribution >= 4 is 22.6 Å². The van der Waals surface area contributed by atoms with Gasteiger partial charge in [-0.1, -0.05) is 18.2 Å². The molecule has 3 aromatic rings. The van der Waals surface area contributed by atoms with E-state index in [1.165, 1.54) is 0 Å². The molecule has 1 aliphatic carbocycles. The van der Waals surface area contributed by atoms with Crippen molar-refractivity contribution in [1.82, 2.24) is 9.88 Å². The first-order valence-electron chi connectivity index (χ1n) is 9.40. The van der Waals surface area contributed by atoms with Gasteiger partial charge in [0.2, 0.25) is 0 Å². The van der Waals surface area contributed by atoms with Crippen LogP contribution >= 0.6 is 0 Å². The van der Waals surface area contributed by atoms with Crippen LogP contribution in [0.4, 0.5) is 10.5 Å². The molecule has 144 valence electrons. The molecule has 2 amide bonds. The highest BCUT2D eigenvalue weighted by Crippen LogP contribution is 2.30. The van der Waals surface area contributed by atoms with Crippen LogP contribution in [0.25, 0.3) is 10.9 Å². The first-order chi connectivity index (χ1) is 13.6. The number of amides is 2. The van der Waals surface area contributed by atoms with Gasteiger partial charge in [-0.3, -0.25) is 4.98 Å². The summed E-state index contributed by atoms with van der Waals surface area (Å²) >= 11 is 0. The molecule has 0 spiro atoms. The monoisotopic (exact) mass is 377 g/mol. The van der Waals surface area contributed by atoms with Gasteiger partial charge in [0.25, 0.3) is 0 Å². The number of aliphatic hydroxyl groups excluding tert-OH is 1. The summed E-state index contributed by atoms with van der Waals surface area (Å²) in [5.74, 6) is 1.79. The highest BCUT2D eigenvalue weighted by Gasteiger charge is 2.29. The Hall–Kier alpha value is -3.12. The van der Waals surface area contributed by atoms with E-state index in [-0.39, 0.29) is 12.1 Å². The van der Waals surface area contributed by atoms with Gasteiger partial charge >= 0.3 is 6.03 Å². The van der Waals surface area contributed by atoms with Crippen molar-refractivity contribution < 1.29 is 14.6 Å². The van der Waals surface area contributed by atoms with Crippen molar-refractivity contribution in [3.63, 3.8) is 0 Å². The summed E-state index contributed by atoms with van der Waals surface area (Å²) in [5.41, 5.74) is 1.47. The second-order valence-corrected chi connectivity index (χ2v) is 7.25. The molecular weight excluding hydrogens is 354 g/mol. The Morgan fingerprint density at radius 1 is 1.18 bits per heavy atom. The molecule has 0 saturated heterocycles. The summed E-state index contributed by atoms with van der Waals surface area (Å²) < 4.78 is 5.90. The molecular formula is C22H23N3O3. The van der Waals surface area contributed by atoms with Crippen LogP contribution in [0.15, 0.2) is 60.8 Å².